The fraction of sp³-hybridized carbons (Fsp3) is 0.167. The maximum Gasteiger partial charge on any atom is 0.328 e. The van der Waals surface area contributed by atoms with Crippen LogP contribution in [0.1, 0.15) is 5.56 Å². The summed E-state index contributed by atoms with van der Waals surface area (Å²) in [6.45, 7) is 2.03. The Hall–Kier alpha value is -1.75. The molecule has 0 bridgehead atoms. The molecule has 0 atom stereocenters. The molecule has 2 rings (SSSR count). The number of nitrogens with one attached hydrogen (secondary N) is 1. The topological polar surface area (TPSA) is 66.0 Å². The minimum absolute atomic E-state index is 0.588. The van der Waals surface area contributed by atoms with Gasteiger partial charge in [-0.15, -0.1) is 0 Å². The van der Waals surface area contributed by atoms with Crippen LogP contribution in [0.4, 0.5) is 0 Å². The first-order valence-corrected chi connectivity index (χ1v) is 6.12. The number of thioether (sulfide) groups is 1. The number of hydrogen-bond acceptors (Lipinski definition) is 3. The summed E-state index contributed by atoms with van der Waals surface area (Å²) >= 11 is 1.48. The number of rotatable bonds is 4. The van der Waals surface area contributed by atoms with Crippen molar-refractivity contribution in [2.24, 2.45) is 0 Å². The van der Waals surface area contributed by atoms with Crippen molar-refractivity contribution in [1.82, 2.24) is 9.97 Å². The third kappa shape index (κ3) is 3.10. The Kier molecular flexibility index (Phi) is 3.49. The standard InChI is InChI=1S/C12H12N2O2S/c1-8-4-5-9-10(7-8)14-12(13-9)17-6-2-3-11(15)16/h2-5,7H,6H2,1H3,(H,13,14)(H,15,16)/b3-2+. The van der Waals surface area contributed by atoms with E-state index in [9.17, 15) is 4.79 Å². The third-order valence-corrected chi connectivity index (χ3v) is 3.02. The van der Waals surface area contributed by atoms with Crippen LogP contribution in [0.3, 0.4) is 0 Å². The van der Waals surface area contributed by atoms with Gasteiger partial charge in [-0.1, -0.05) is 23.9 Å². The van der Waals surface area contributed by atoms with Crippen LogP contribution in [0.25, 0.3) is 11.0 Å². The first-order chi connectivity index (χ1) is 8.15. The number of aliphatic carboxylic acids is 1. The Morgan fingerprint density at radius 1 is 1.59 bits per heavy atom. The van der Waals surface area contributed by atoms with Gasteiger partial charge in [-0.2, -0.15) is 0 Å². The lowest BCUT2D eigenvalue weighted by molar-refractivity contribution is -0.131. The predicted molar refractivity (Wildman–Crippen MR) is 68.3 cm³/mol. The van der Waals surface area contributed by atoms with E-state index in [0.717, 1.165) is 22.3 Å². The average molecular weight is 248 g/mol. The molecule has 0 spiro atoms. The number of benzene rings is 1. The second-order valence-corrected chi connectivity index (χ2v) is 4.62. The highest BCUT2D eigenvalue weighted by molar-refractivity contribution is 7.99. The van der Waals surface area contributed by atoms with Crippen molar-refractivity contribution in [2.75, 3.05) is 5.75 Å². The van der Waals surface area contributed by atoms with Crippen molar-refractivity contribution in [3.05, 3.63) is 35.9 Å². The Morgan fingerprint density at radius 2 is 2.41 bits per heavy atom. The molecule has 0 unspecified atom stereocenters. The van der Waals surface area contributed by atoms with Gasteiger partial charge in [-0.3, -0.25) is 0 Å². The van der Waals surface area contributed by atoms with Crippen LogP contribution < -0.4 is 0 Å². The maximum atomic E-state index is 10.3. The van der Waals surface area contributed by atoms with E-state index in [4.69, 9.17) is 5.11 Å². The lowest BCUT2D eigenvalue weighted by Gasteiger charge is -1.90. The van der Waals surface area contributed by atoms with Crippen LogP contribution in [-0.2, 0) is 4.79 Å². The number of hydrogen-bond donors (Lipinski definition) is 2. The van der Waals surface area contributed by atoms with Gasteiger partial charge in [0.05, 0.1) is 11.0 Å². The molecule has 0 saturated heterocycles. The molecule has 1 aromatic carbocycles. The third-order valence-electron chi connectivity index (χ3n) is 2.19. The molecule has 0 aliphatic carbocycles. The molecular weight excluding hydrogens is 236 g/mol. The van der Waals surface area contributed by atoms with E-state index in [0.29, 0.717) is 5.75 Å². The zero-order valence-corrected chi connectivity index (χ0v) is 10.1. The summed E-state index contributed by atoms with van der Waals surface area (Å²) in [6.07, 6.45) is 2.74. The van der Waals surface area contributed by atoms with E-state index in [1.54, 1.807) is 6.08 Å². The summed E-state index contributed by atoms with van der Waals surface area (Å²) in [6, 6.07) is 6.03. The smallest absolute Gasteiger partial charge is 0.328 e. The molecule has 0 amide bonds. The largest absolute Gasteiger partial charge is 0.478 e. The normalized spacial score (nSPS) is 11.4. The van der Waals surface area contributed by atoms with Crippen LogP contribution in [0.5, 0.6) is 0 Å². The van der Waals surface area contributed by atoms with Gasteiger partial charge in [0.15, 0.2) is 5.16 Å². The molecule has 5 heteroatoms. The lowest BCUT2D eigenvalue weighted by Crippen LogP contribution is -1.86. The molecule has 1 aromatic heterocycles. The average Bonchev–Trinajstić information content (AvgIpc) is 2.66. The molecule has 0 aliphatic heterocycles. The highest BCUT2D eigenvalue weighted by atomic mass is 32.2. The van der Waals surface area contributed by atoms with Crippen LogP contribution in [0, 0.1) is 6.92 Å². The van der Waals surface area contributed by atoms with E-state index in [2.05, 4.69) is 9.97 Å². The van der Waals surface area contributed by atoms with E-state index < -0.39 is 5.97 Å². The first kappa shape index (κ1) is 11.7. The van der Waals surface area contributed by atoms with E-state index >= 15 is 0 Å². The summed E-state index contributed by atoms with van der Waals surface area (Å²) in [7, 11) is 0. The summed E-state index contributed by atoms with van der Waals surface area (Å²) in [5.74, 6) is -0.337. The highest BCUT2D eigenvalue weighted by Gasteiger charge is 2.02. The van der Waals surface area contributed by atoms with Crippen LogP contribution >= 0.6 is 11.8 Å². The van der Waals surface area contributed by atoms with Crippen LogP contribution in [0.15, 0.2) is 35.5 Å². The molecule has 2 aromatic rings. The van der Waals surface area contributed by atoms with Crippen molar-refractivity contribution < 1.29 is 9.90 Å². The van der Waals surface area contributed by atoms with Gasteiger partial charge in [0, 0.05) is 11.8 Å². The molecule has 0 saturated carbocycles. The minimum atomic E-state index is -0.925. The first-order valence-electron chi connectivity index (χ1n) is 5.14. The molecule has 1 heterocycles. The monoisotopic (exact) mass is 248 g/mol. The van der Waals surface area contributed by atoms with Crippen LogP contribution in [-0.4, -0.2) is 26.8 Å². The molecule has 88 valence electrons. The number of H-pyrrole nitrogens is 1. The van der Waals surface area contributed by atoms with Crippen molar-refractivity contribution in [3.63, 3.8) is 0 Å². The summed E-state index contributed by atoms with van der Waals surface area (Å²) < 4.78 is 0. The molecule has 4 nitrogen and oxygen atoms in total. The number of aromatic nitrogens is 2. The van der Waals surface area contributed by atoms with Gasteiger partial charge in [-0.05, 0) is 24.6 Å². The van der Waals surface area contributed by atoms with Crippen molar-refractivity contribution in [3.8, 4) is 0 Å². The van der Waals surface area contributed by atoms with Crippen LogP contribution in [0.2, 0.25) is 0 Å². The van der Waals surface area contributed by atoms with E-state index in [1.807, 2.05) is 25.1 Å². The zero-order valence-electron chi connectivity index (χ0n) is 9.30. The van der Waals surface area contributed by atoms with Gasteiger partial charge < -0.3 is 10.1 Å². The predicted octanol–water partition coefficient (Wildman–Crippen LogP) is 2.60. The fourth-order valence-corrected chi connectivity index (χ4v) is 2.14. The minimum Gasteiger partial charge on any atom is -0.478 e. The second kappa shape index (κ2) is 5.05. The lowest BCUT2D eigenvalue weighted by atomic mass is 10.2. The molecular formula is C12H12N2O2S. The Balaban J connectivity index is 2.07. The Bertz CT molecular complexity index is 575. The van der Waals surface area contributed by atoms with Gasteiger partial charge in [0.1, 0.15) is 0 Å². The number of carboxylic acids is 1. The Labute approximate surface area is 103 Å². The second-order valence-electron chi connectivity index (χ2n) is 3.61. The summed E-state index contributed by atoms with van der Waals surface area (Å²) in [4.78, 5) is 17.9. The number of aryl methyl sites for hydroxylation is 1. The molecule has 0 radical (unpaired) electrons. The number of carbonyl (C=O) groups is 1. The van der Waals surface area contributed by atoms with Gasteiger partial charge in [0.2, 0.25) is 0 Å². The number of aromatic amines is 1. The van der Waals surface area contributed by atoms with Gasteiger partial charge in [-0.25, -0.2) is 9.78 Å². The number of nitrogens with zero attached hydrogens (tertiary/aromatic N) is 1. The van der Waals surface area contributed by atoms with Gasteiger partial charge in [0.25, 0.3) is 0 Å². The molecule has 0 aliphatic rings. The SMILES string of the molecule is Cc1ccc2nc(SC/C=C/C(=O)O)[nH]c2c1. The van der Waals surface area contributed by atoms with E-state index in [-0.39, 0.29) is 0 Å². The molecule has 0 fully saturated rings. The quantitative estimate of drug-likeness (QED) is 0.644. The zero-order chi connectivity index (χ0) is 12.3. The van der Waals surface area contributed by atoms with Crippen molar-refractivity contribution in [2.45, 2.75) is 12.1 Å². The van der Waals surface area contributed by atoms with E-state index in [1.165, 1.54) is 17.3 Å². The highest BCUT2D eigenvalue weighted by Crippen LogP contribution is 2.20. The molecule has 17 heavy (non-hydrogen) atoms. The van der Waals surface area contributed by atoms with Crippen molar-refractivity contribution in [1.29, 1.82) is 0 Å². The van der Waals surface area contributed by atoms with Gasteiger partial charge >= 0.3 is 5.97 Å². The number of imidazole rings is 1. The maximum absolute atomic E-state index is 10.3. The molecule has 2 N–H and O–H groups in total. The number of fused-ring (bicyclic) bond motifs is 1. The Morgan fingerprint density at radius 3 is 3.18 bits per heavy atom. The van der Waals surface area contributed by atoms with Crippen molar-refractivity contribution >= 4 is 28.8 Å². The summed E-state index contributed by atoms with van der Waals surface area (Å²) in [5, 5.41) is 9.24. The fourth-order valence-electron chi connectivity index (χ4n) is 1.44. The summed E-state index contributed by atoms with van der Waals surface area (Å²) in [5.41, 5.74) is 3.12. The number of carboxylic acid groups (broad SMARTS) is 1.